The number of thiophene rings is 1. The monoisotopic (exact) mass is 197 g/mol. The van der Waals surface area contributed by atoms with Crippen molar-refractivity contribution in [2.24, 2.45) is 5.84 Å². The van der Waals surface area contributed by atoms with Crippen LogP contribution in [0.4, 0.5) is 0 Å². The Bertz CT molecular complexity index is 295. The van der Waals surface area contributed by atoms with Gasteiger partial charge in [0.2, 0.25) is 0 Å². The minimum atomic E-state index is 0.793. The summed E-state index contributed by atoms with van der Waals surface area (Å²) in [5.41, 5.74) is 4.22. The van der Waals surface area contributed by atoms with Gasteiger partial charge in [0.1, 0.15) is 0 Å². The number of fused-ring (bicyclic) bond motifs is 1. The number of hydrogen-bond acceptors (Lipinski definition) is 4. The molecule has 0 radical (unpaired) electrons. The zero-order valence-corrected chi connectivity index (χ0v) is 8.66. The maximum atomic E-state index is 5.29. The number of hydrogen-bond donors (Lipinski definition) is 2. The molecule has 3 nitrogen and oxygen atoms in total. The van der Waals surface area contributed by atoms with Crippen LogP contribution in [-0.2, 0) is 19.5 Å². The first-order chi connectivity index (χ1) is 6.29. The normalized spacial score (nSPS) is 17.4. The summed E-state index contributed by atoms with van der Waals surface area (Å²) in [6.45, 7) is 3.07. The largest absolute Gasteiger partial charge is 0.301 e. The van der Waals surface area contributed by atoms with Crippen LogP contribution in [0.2, 0.25) is 0 Å². The lowest BCUT2D eigenvalue weighted by atomic mass is 10.1. The molecule has 4 heteroatoms. The van der Waals surface area contributed by atoms with E-state index >= 15 is 0 Å². The molecule has 3 N–H and O–H groups in total. The van der Waals surface area contributed by atoms with Crippen molar-refractivity contribution in [2.45, 2.75) is 19.5 Å². The molecule has 1 aromatic heterocycles. The number of nitrogens with two attached hydrogens (primary N) is 1. The highest BCUT2D eigenvalue weighted by Crippen LogP contribution is 2.27. The highest BCUT2D eigenvalue weighted by molar-refractivity contribution is 7.12. The van der Waals surface area contributed by atoms with E-state index in [0.717, 1.165) is 13.1 Å². The van der Waals surface area contributed by atoms with Crippen LogP contribution in [-0.4, -0.2) is 18.5 Å². The maximum Gasteiger partial charge on any atom is 0.0442 e. The van der Waals surface area contributed by atoms with Crippen molar-refractivity contribution < 1.29 is 0 Å². The Labute approximate surface area is 82.5 Å². The molecule has 2 heterocycles. The van der Waals surface area contributed by atoms with Crippen LogP contribution < -0.4 is 11.3 Å². The van der Waals surface area contributed by atoms with E-state index in [9.17, 15) is 0 Å². The number of hydrazine groups is 1. The second kappa shape index (κ2) is 3.75. The zero-order valence-electron chi connectivity index (χ0n) is 7.84. The van der Waals surface area contributed by atoms with Gasteiger partial charge in [0.05, 0.1) is 0 Å². The van der Waals surface area contributed by atoms with Crippen molar-refractivity contribution in [1.82, 2.24) is 10.3 Å². The van der Waals surface area contributed by atoms with Gasteiger partial charge in [-0.25, -0.2) is 0 Å². The van der Waals surface area contributed by atoms with Crippen molar-refractivity contribution in [3.05, 3.63) is 21.4 Å². The maximum absolute atomic E-state index is 5.29. The fourth-order valence-electron chi connectivity index (χ4n) is 1.70. The Morgan fingerprint density at radius 2 is 2.54 bits per heavy atom. The van der Waals surface area contributed by atoms with Gasteiger partial charge in [-0.2, -0.15) is 0 Å². The zero-order chi connectivity index (χ0) is 9.26. The van der Waals surface area contributed by atoms with Gasteiger partial charge in [-0.15, -0.1) is 11.3 Å². The molecule has 1 aromatic rings. The van der Waals surface area contributed by atoms with E-state index in [-0.39, 0.29) is 0 Å². The third-order valence-electron chi connectivity index (χ3n) is 2.40. The molecule has 1 aliphatic rings. The number of likely N-dealkylation sites (N-methyl/N-ethyl adjacent to an activating group) is 1. The van der Waals surface area contributed by atoms with Gasteiger partial charge in [0, 0.05) is 29.4 Å². The molecule has 0 aliphatic carbocycles. The van der Waals surface area contributed by atoms with Gasteiger partial charge < -0.3 is 4.90 Å². The molecule has 0 bridgehead atoms. The summed E-state index contributed by atoms with van der Waals surface area (Å²) in [5.74, 6) is 5.29. The molecule has 0 aromatic carbocycles. The molecule has 13 heavy (non-hydrogen) atoms. The van der Waals surface area contributed by atoms with Gasteiger partial charge in [-0.1, -0.05) is 0 Å². The predicted molar refractivity (Wildman–Crippen MR) is 55.4 cm³/mol. The van der Waals surface area contributed by atoms with Crippen molar-refractivity contribution in [2.75, 3.05) is 13.6 Å². The number of rotatable bonds is 2. The standard InChI is InChI=1S/C9H15N3S/c1-12-3-2-7-4-8(5-11-10)13-9(7)6-12/h4,11H,2-3,5-6,10H2,1H3. The average molecular weight is 197 g/mol. The third-order valence-corrected chi connectivity index (χ3v) is 3.56. The summed E-state index contributed by atoms with van der Waals surface area (Å²) in [7, 11) is 2.17. The number of nitrogens with zero attached hydrogens (tertiary/aromatic N) is 1. The molecule has 0 saturated heterocycles. The highest BCUT2D eigenvalue weighted by Gasteiger charge is 2.15. The first kappa shape index (κ1) is 9.15. The van der Waals surface area contributed by atoms with E-state index in [2.05, 4.69) is 23.4 Å². The van der Waals surface area contributed by atoms with E-state index in [1.807, 2.05) is 11.3 Å². The lowest BCUT2D eigenvalue weighted by Gasteiger charge is -2.21. The molecular formula is C9H15N3S. The smallest absolute Gasteiger partial charge is 0.0442 e. The molecular weight excluding hydrogens is 182 g/mol. The summed E-state index contributed by atoms with van der Waals surface area (Å²) in [6, 6.07) is 2.28. The van der Waals surface area contributed by atoms with Gasteiger partial charge in [-0.3, -0.25) is 11.3 Å². The quantitative estimate of drug-likeness (QED) is 0.541. The second-order valence-corrected chi connectivity index (χ2v) is 4.75. The van der Waals surface area contributed by atoms with E-state index < -0.39 is 0 Å². The summed E-state index contributed by atoms with van der Waals surface area (Å²) in [6.07, 6.45) is 1.19. The van der Waals surface area contributed by atoms with Crippen LogP contribution >= 0.6 is 11.3 Å². The second-order valence-electron chi connectivity index (χ2n) is 3.53. The van der Waals surface area contributed by atoms with Gasteiger partial charge in [0.15, 0.2) is 0 Å². The van der Waals surface area contributed by atoms with Crippen molar-refractivity contribution >= 4 is 11.3 Å². The van der Waals surface area contributed by atoms with Crippen LogP contribution in [0.5, 0.6) is 0 Å². The summed E-state index contributed by atoms with van der Waals surface area (Å²) in [4.78, 5) is 5.22. The average Bonchev–Trinajstić information content (AvgIpc) is 2.46. The minimum absolute atomic E-state index is 0.793. The van der Waals surface area contributed by atoms with Crippen molar-refractivity contribution in [1.29, 1.82) is 0 Å². The molecule has 2 rings (SSSR count). The fraction of sp³-hybridized carbons (Fsp3) is 0.556. The molecule has 0 unspecified atom stereocenters. The molecule has 1 aliphatic heterocycles. The third kappa shape index (κ3) is 1.91. The first-order valence-electron chi connectivity index (χ1n) is 4.52. The van der Waals surface area contributed by atoms with E-state index in [4.69, 9.17) is 5.84 Å². The Morgan fingerprint density at radius 1 is 1.69 bits per heavy atom. The summed E-state index contributed by atoms with van der Waals surface area (Å²) >= 11 is 1.88. The Hall–Kier alpha value is -0.420. The van der Waals surface area contributed by atoms with Crippen LogP contribution in [0, 0.1) is 0 Å². The molecule has 0 amide bonds. The summed E-state index contributed by atoms with van der Waals surface area (Å²) < 4.78 is 0. The SMILES string of the molecule is CN1CCc2cc(CNN)sc2C1. The molecule has 0 spiro atoms. The molecule has 0 saturated carbocycles. The molecule has 72 valence electrons. The first-order valence-corrected chi connectivity index (χ1v) is 5.33. The Balaban J connectivity index is 2.18. The van der Waals surface area contributed by atoms with Crippen molar-refractivity contribution in [3.63, 3.8) is 0 Å². The van der Waals surface area contributed by atoms with E-state index in [1.54, 1.807) is 0 Å². The van der Waals surface area contributed by atoms with Gasteiger partial charge in [-0.05, 0) is 25.1 Å². The van der Waals surface area contributed by atoms with Crippen LogP contribution in [0.3, 0.4) is 0 Å². The van der Waals surface area contributed by atoms with Crippen LogP contribution in [0.1, 0.15) is 15.3 Å². The molecule has 0 fully saturated rings. The number of nitrogens with one attached hydrogen (secondary N) is 1. The topological polar surface area (TPSA) is 41.3 Å². The summed E-state index contributed by atoms with van der Waals surface area (Å²) in [5, 5.41) is 0. The van der Waals surface area contributed by atoms with Gasteiger partial charge in [0.25, 0.3) is 0 Å². The molecule has 0 atom stereocenters. The van der Waals surface area contributed by atoms with Crippen molar-refractivity contribution in [3.8, 4) is 0 Å². The Kier molecular flexibility index (Phi) is 2.64. The highest BCUT2D eigenvalue weighted by atomic mass is 32.1. The minimum Gasteiger partial charge on any atom is -0.301 e. The van der Waals surface area contributed by atoms with Gasteiger partial charge >= 0.3 is 0 Å². The lowest BCUT2D eigenvalue weighted by Crippen LogP contribution is -2.24. The lowest BCUT2D eigenvalue weighted by molar-refractivity contribution is 0.317. The Morgan fingerprint density at radius 3 is 3.31 bits per heavy atom. The van der Waals surface area contributed by atoms with Crippen LogP contribution in [0.15, 0.2) is 6.07 Å². The predicted octanol–water partition coefficient (Wildman–Crippen LogP) is 0.699. The van der Waals surface area contributed by atoms with E-state index in [1.165, 1.54) is 28.3 Å². The van der Waals surface area contributed by atoms with E-state index in [0.29, 0.717) is 0 Å². The van der Waals surface area contributed by atoms with Crippen LogP contribution in [0.25, 0.3) is 0 Å². The fourth-order valence-corrected chi connectivity index (χ4v) is 2.95.